The number of unbranched alkanes of at least 4 members (excludes halogenated alkanes) is 2. The Morgan fingerprint density at radius 3 is 2.54 bits per heavy atom. The van der Waals surface area contributed by atoms with Crippen LogP contribution in [0.25, 0.3) is 16.8 Å². The number of ether oxygens (including phenoxy) is 2. The zero-order valence-electron chi connectivity index (χ0n) is 15.3. The van der Waals surface area contributed by atoms with Crippen LogP contribution in [0.3, 0.4) is 0 Å². The number of hydrogen-bond donors (Lipinski definition) is 1. The molecule has 0 heterocycles. The van der Waals surface area contributed by atoms with Gasteiger partial charge in [-0.25, -0.2) is 0 Å². The fraction of sp³-hybridized carbons (Fsp3) is 0.333. The van der Waals surface area contributed by atoms with Crippen LogP contribution in [-0.4, -0.2) is 32.6 Å². The van der Waals surface area contributed by atoms with Crippen molar-refractivity contribution in [3.63, 3.8) is 0 Å². The van der Waals surface area contributed by atoms with Crippen LogP contribution in [-0.2, 0) is 14.3 Å². The number of benzene rings is 2. The molecule has 0 aliphatic heterocycles. The second-order valence-electron chi connectivity index (χ2n) is 5.98. The largest absolute Gasteiger partial charge is 0.497 e. The quantitative estimate of drug-likeness (QED) is 0.423. The van der Waals surface area contributed by atoms with Crippen LogP contribution >= 0.6 is 0 Å². The maximum absolute atomic E-state index is 11.9. The number of esters is 1. The maximum Gasteiger partial charge on any atom is 0.305 e. The summed E-state index contributed by atoms with van der Waals surface area (Å²) in [5.74, 6) is 0.519. The summed E-state index contributed by atoms with van der Waals surface area (Å²) in [6.45, 7) is 0.599. The van der Waals surface area contributed by atoms with Gasteiger partial charge in [0.2, 0.25) is 5.91 Å². The van der Waals surface area contributed by atoms with Crippen LogP contribution in [0.5, 0.6) is 5.75 Å². The fourth-order valence-corrected chi connectivity index (χ4v) is 2.59. The van der Waals surface area contributed by atoms with Crippen molar-refractivity contribution >= 4 is 28.7 Å². The van der Waals surface area contributed by atoms with Gasteiger partial charge in [0.05, 0.1) is 14.2 Å². The molecular formula is C21H25NO4. The average Bonchev–Trinajstić information content (AvgIpc) is 2.68. The molecule has 0 atom stereocenters. The van der Waals surface area contributed by atoms with Crippen LogP contribution in [0.1, 0.15) is 31.2 Å². The lowest BCUT2D eigenvalue weighted by Crippen LogP contribution is -2.22. The highest BCUT2D eigenvalue weighted by molar-refractivity contribution is 5.93. The lowest BCUT2D eigenvalue weighted by atomic mass is 10.1. The summed E-state index contributed by atoms with van der Waals surface area (Å²) in [7, 11) is 3.04. The third kappa shape index (κ3) is 6.24. The smallest absolute Gasteiger partial charge is 0.305 e. The van der Waals surface area contributed by atoms with Crippen molar-refractivity contribution in [1.29, 1.82) is 0 Å². The van der Waals surface area contributed by atoms with Gasteiger partial charge in [0.25, 0.3) is 0 Å². The van der Waals surface area contributed by atoms with E-state index in [-0.39, 0.29) is 11.9 Å². The van der Waals surface area contributed by atoms with E-state index < -0.39 is 0 Å². The van der Waals surface area contributed by atoms with E-state index in [2.05, 4.69) is 10.1 Å². The highest BCUT2D eigenvalue weighted by atomic mass is 16.5. The molecule has 0 aliphatic rings. The van der Waals surface area contributed by atoms with Gasteiger partial charge in [0.1, 0.15) is 5.75 Å². The van der Waals surface area contributed by atoms with E-state index in [0.29, 0.717) is 13.0 Å². The van der Waals surface area contributed by atoms with Gasteiger partial charge >= 0.3 is 5.97 Å². The number of methoxy groups -OCH3 is 2. The predicted molar refractivity (Wildman–Crippen MR) is 103 cm³/mol. The number of amides is 1. The average molecular weight is 355 g/mol. The zero-order chi connectivity index (χ0) is 18.8. The van der Waals surface area contributed by atoms with Gasteiger partial charge in [-0.15, -0.1) is 0 Å². The summed E-state index contributed by atoms with van der Waals surface area (Å²) in [5.41, 5.74) is 0.968. The SMILES string of the molecule is COC(=O)CCCCCNC(=O)/C=C/c1ccc2cc(OC)ccc2c1. The Hall–Kier alpha value is -2.82. The Labute approximate surface area is 154 Å². The Bertz CT molecular complexity index is 783. The van der Waals surface area contributed by atoms with E-state index in [4.69, 9.17) is 4.74 Å². The highest BCUT2D eigenvalue weighted by Gasteiger charge is 2.01. The van der Waals surface area contributed by atoms with Gasteiger partial charge in [0.15, 0.2) is 0 Å². The maximum atomic E-state index is 11.9. The molecule has 0 unspecified atom stereocenters. The Morgan fingerprint density at radius 2 is 1.77 bits per heavy atom. The molecular weight excluding hydrogens is 330 g/mol. The minimum Gasteiger partial charge on any atom is -0.497 e. The Balaban J connectivity index is 1.77. The number of nitrogens with one attached hydrogen (secondary N) is 1. The summed E-state index contributed by atoms with van der Waals surface area (Å²) < 4.78 is 9.80. The normalized spacial score (nSPS) is 10.8. The van der Waals surface area contributed by atoms with Crippen molar-refractivity contribution in [1.82, 2.24) is 5.32 Å². The van der Waals surface area contributed by atoms with Crippen molar-refractivity contribution in [2.75, 3.05) is 20.8 Å². The Kier molecular flexibility index (Phi) is 7.68. The van der Waals surface area contributed by atoms with Crippen molar-refractivity contribution in [2.24, 2.45) is 0 Å². The van der Waals surface area contributed by atoms with E-state index in [1.165, 1.54) is 7.11 Å². The molecule has 0 aromatic heterocycles. The molecule has 5 heteroatoms. The molecule has 2 rings (SSSR count). The van der Waals surface area contributed by atoms with Crippen LogP contribution in [0.4, 0.5) is 0 Å². The third-order valence-corrected chi connectivity index (χ3v) is 4.08. The van der Waals surface area contributed by atoms with Gasteiger partial charge in [0, 0.05) is 19.0 Å². The number of fused-ring (bicyclic) bond motifs is 1. The molecule has 2 aromatic carbocycles. The molecule has 0 fully saturated rings. The van der Waals surface area contributed by atoms with Crippen molar-refractivity contribution in [3.8, 4) is 5.75 Å². The van der Waals surface area contributed by atoms with Crippen LogP contribution in [0, 0.1) is 0 Å². The lowest BCUT2D eigenvalue weighted by Gasteiger charge is -2.04. The van der Waals surface area contributed by atoms with Crippen LogP contribution in [0.15, 0.2) is 42.5 Å². The van der Waals surface area contributed by atoms with Crippen molar-refractivity contribution < 1.29 is 19.1 Å². The van der Waals surface area contributed by atoms with Gasteiger partial charge in [-0.2, -0.15) is 0 Å². The molecule has 0 saturated heterocycles. The summed E-state index contributed by atoms with van der Waals surface area (Å²) >= 11 is 0. The predicted octanol–water partition coefficient (Wildman–Crippen LogP) is 3.71. The molecule has 0 bridgehead atoms. The standard InChI is InChI=1S/C21H25NO4/c1-25-19-11-10-17-14-16(7-9-18(17)15-19)8-12-20(23)22-13-5-3-4-6-21(24)26-2/h7-12,14-15H,3-6,13H2,1-2H3,(H,22,23)/b12-8+. The van der Waals surface area contributed by atoms with E-state index in [9.17, 15) is 9.59 Å². The molecule has 26 heavy (non-hydrogen) atoms. The van der Waals surface area contributed by atoms with Crippen LogP contribution in [0.2, 0.25) is 0 Å². The fourth-order valence-electron chi connectivity index (χ4n) is 2.59. The minimum atomic E-state index is -0.189. The number of carbonyl (C=O) groups excluding carboxylic acids is 2. The van der Waals surface area contributed by atoms with E-state index in [1.807, 2.05) is 36.4 Å². The number of rotatable bonds is 9. The molecule has 0 spiro atoms. The first-order valence-electron chi connectivity index (χ1n) is 8.73. The molecule has 138 valence electrons. The molecule has 0 radical (unpaired) electrons. The summed E-state index contributed by atoms with van der Waals surface area (Å²) in [6.07, 6.45) is 6.27. The van der Waals surface area contributed by atoms with E-state index in [0.717, 1.165) is 41.3 Å². The zero-order valence-corrected chi connectivity index (χ0v) is 15.3. The van der Waals surface area contributed by atoms with Crippen molar-refractivity contribution in [2.45, 2.75) is 25.7 Å². The number of carbonyl (C=O) groups is 2. The van der Waals surface area contributed by atoms with E-state index >= 15 is 0 Å². The Morgan fingerprint density at radius 1 is 1.00 bits per heavy atom. The van der Waals surface area contributed by atoms with Gasteiger partial charge < -0.3 is 14.8 Å². The van der Waals surface area contributed by atoms with E-state index in [1.54, 1.807) is 19.3 Å². The summed E-state index contributed by atoms with van der Waals surface area (Å²) in [5, 5.41) is 5.04. The third-order valence-electron chi connectivity index (χ3n) is 4.08. The second kappa shape index (κ2) is 10.2. The van der Waals surface area contributed by atoms with Gasteiger partial charge in [-0.05, 0) is 53.5 Å². The topological polar surface area (TPSA) is 64.6 Å². The monoisotopic (exact) mass is 355 g/mol. The van der Waals surface area contributed by atoms with Gasteiger partial charge in [-0.3, -0.25) is 9.59 Å². The molecule has 1 amide bonds. The van der Waals surface area contributed by atoms with Crippen molar-refractivity contribution in [3.05, 3.63) is 48.0 Å². The molecule has 0 saturated carbocycles. The summed E-state index contributed by atoms with van der Waals surface area (Å²) in [6, 6.07) is 11.9. The second-order valence-corrected chi connectivity index (χ2v) is 5.98. The first-order valence-corrected chi connectivity index (χ1v) is 8.73. The molecule has 1 N–H and O–H groups in total. The minimum absolute atomic E-state index is 0.118. The first-order chi connectivity index (χ1) is 12.6. The molecule has 5 nitrogen and oxygen atoms in total. The first kappa shape index (κ1) is 19.5. The van der Waals surface area contributed by atoms with Crippen LogP contribution < -0.4 is 10.1 Å². The highest BCUT2D eigenvalue weighted by Crippen LogP contribution is 2.22. The lowest BCUT2D eigenvalue weighted by molar-refractivity contribution is -0.140. The van der Waals surface area contributed by atoms with Gasteiger partial charge in [-0.1, -0.05) is 24.6 Å². The molecule has 0 aliphatic carbocycles. The summed E-state index contributed by atoms with van der Waals surface area (Å²) in [4.78, 5) is 22.8. The molecule has 2 aromatic rings. The number of hydrogen-bond acceptors (Lipinski definition) is 4.